The molecule has 0 aliphatic carbocycles. The van der Waals surface area contributed by atoms with Crippen LogP contribution in [-0.2, 0) is 4.79 Å². The van der Waals surface area contributed by atoms with Crippen LogP contribution in [0.25, 0.3) is 0 Å². The van der Waals surface area contributed by atoms with Crippen molar-refractivity contribution < 1.29 is 9.53 Å². The second-order valence-electron chi connectivity index (χ2n) is 3.90. The predicted molar refractivity (Wildman–Crippen MR) is 83.7 cm³/mol. The largest absolute Gasteiger partial charge is 0.483 e. The van der Waals surface area contributed by atoms with Crippen LogP contribution in [0.1, 0.15) is 6.42 Å². The summed E-state index contributed by atoms with van der Waals surface area (Å²) in [6.07, 6.45) is 0.502. The molecule has 0 saturated heterocycles. The third-order valence-corrected chi connectivity index (χ3v) is 3.42. The number of ether oxygens (including phenoxy) is 1. The van der Waals surface area contributed by atoms with E-state index in [0.29, 0.717) is 33.2 Å². The van der Waals surface area contributed by atoms with Crippen molar-refractivity contribution in [1.29, 1.82) is 0 Å². The number of hydrogen-bond acceptors (Lipinski definition) is 3. The van der Waals surface area contributed by atoms with Gasteiger partial charge in [0.15, 0.2) is 6.61 Å². The van der Waals surface area contributed by atoms with Gasteiger partial charge in [-0.3, -0.25) is 4.79 Å². The predicted octanol–water partition coefficient (Wildman–Crippen LogP) is 2.62. The third kappa shape index (κ3) is 5.76. The molecule has 0 aliphatic rings. The van der Waals surface area contributed by atoms with E-state index in [-0.39, 0.29) is 12.5 Å². The number of rotatable bonds is 6. The third-order valence-electron chi connectivity index (χ3n) is 2.36. The first-order valence-corrected chi connectivity index (χ1v) is 7.08. The molecule has 0 aromatic heterocycles. The van der Waals surface area contributed by atoms with Crippen molar-refractivity contribution in [2.75, 3.05) is 20.2 Å². The standard InChI is InChI=1S/C12H14BrClN2O2S/c1-16(5-4-11(15)19)12(17)7-18-10-3-2-8(14)6-9(10)13/h2-3,6H,4-5,7H2,1H3,(H2,15,19). The van der Waals surface area contributed by atoms with Gasteiger partial charge in [-0.2, -0.15) is 0 Å². The molecule has 0 bridgehead atoms. The number of nitrogens with zero attached hydrogens (tertiary/aromatic N) is 1. The molecule has 0 aliphatic heterocycles. The van der Waals surface area contributed by atoms with Gasteiger partial charge < -0.3 is 15.4 Å². The van der Waals surface area contributed by atoms with Gasteiger partial charge in [-0.15, -0.1) is 0 Å². The van der Waals surface area contributed by atoms with Gasteiger partial charge in [0.2, 0.25) is 0 Å². The molecule has 1 aromatic carbocycles. The average molecular weight is 366 g/mol. The fraction of sp³-hybridized carbons (Fsp3) is 0.333. The van der Waals surface area contributed by atoms with Gasteiger partial charge in [-0.05, 0) is 34.1 Å². The van der Waals surface area contributed by atoms with Crippen LogP contribution in [-0.4, -0.2) is 36.0 Å². The number of amides is 1. The molecule has 0 fully saturated rings. The van der Waals surface area contributed by atoms with Gasteiger partial charge in [-0.1, -0.05) is 23.8 Å². The van der Waals surface area contributed by atoms with Crippen molar-refractivity contribution in [2.24, 2.45) is 5.73 Å². The fourth-order valence-electron chi connectivity index (χ4n) is 1.24. The summed E-state index contributed by atoms with van der Waals surface area (Å²) in [5.74, 6) is 0.429. The molecule has 0 heterocycles. The molecule has 0 spiro atoms. The first-order chi connectivity index (χ1) is 8.90. The van der Waals surface area contributed by atoms with E-state index < -0.39 is 0 Å². The van der Waals surface area contributed by atoms with Crippen LogP contribution < -0.4 is 10.5 Å². The highest BCUT2D eigenvalue weighted by atomic mass is 79.9. The molecule has 0 radical (unpaired) electrons. The van der Waals surface area contributed by atoms with Crippen LogP contribution in [0.15, 0.2) is 22.7 Å². The van der Waals surface area contributed by atoms with Crippen molar-refractivity contribution >= 4 is 50.6 Å². The zero-order valence-corrected chi connectivity index (χ0v) is 13.5. The van der Waals surface area contributed by atoms with E-state index in [1.54, 1.807) is 25.2 Å². The number of carbonyl (C=O) groups excluding carboxylic acids is 1. The quantitative estimate of drug-likeness (QED) is 0.787. The lowest BCUT2D eigenvalue weighted by atomic mass is 10.3. The summed E-state index contributed by atoms with van der Waals surface area (Å²) in [5, 5.41) is 0.596. The molecule has 0 atom stereocenters. The molecule has 104 valence electrons. The second-order valence-corrected chi connectivity index (χ2v) is 5.71. The molecule has 0 saturated carbocycles. The molecule has 1 rings (SSSR count). The minimum Gasteiger partial charge on any atom is -0.483 e. The summed E-state index contributed by atoms with van der Waals surface area (Å²) in [5.41, 5.74) is 5.38. The highest BCUT2D eigenvalue weighted by molar-refractivity contribution is 9.10. The van der Waals surface area contributed by atoms with Gasteiger partial charge >= 0.3 is 0 Å². The Bertz CT molecular complexity index is 485. The molecule has 0 unspecified atom stereocenters. The smallest absolute Gasteiger partial charge is 0.260 e. The zero-order valence-electron chi connectivity index (χ0n) is 10.4. The number of carbonyl (C=O) groups is 1. The first-order valence-electron chi connectivity index (χ1n) is 5.50. The number of hydrogen-bond donors (Lipinski definition) is 1. The zero-order chi connectivity index (χ0) is 14.4. The number of halogens is 2. The summed E-state index contributed by atoms with van der Waals surface area (Å²) >= 11 is 13.9. The summed E-state index contributed by atoms with van der Waals surface area (Å²) in [6, 6.07) is 5.11. The Morgan fingerprint density at radius 2 is 2.26 bits per heavy atom. The van der Waals surface area contributed by atoms with Crippen molar-refractivity contribution in [1.82, 2.24) is 4.90 Å². The van der Waals surface area contributed by atoms with Crippen molar-refractivity contribution in [3.8, 4) is 5.75 Å². The van der Waals surface area contributed by atoms with Gasteiger partial charge in [-0.25, -0.2) is 0 Å². The molecular formula is C12H14BrClN2O2S. The van der Waals surface area contributed by atoms with E-state index in [0.717, 1.165) is 0 Å². The Kier molecular flexibility index (Phi) is 6.54. The van der Waals surface area contributed by atoms with Crippen molar-refractivity contribution in [3.63, 3.8) is 0 Å². The maximum absolute atomic E-state index is 11.8. The monoisotopic (exact) mass is 364 g/mol. The topological polar surface area (TPSA) is 55.6 Å². The highest BCUT2D eigenvalue weighted by Gasteiger charge is 2.11. The maximum Gasteiger partial charge on any atom is 0.260 e. The maximum atomic E-state index is 11.8. The molecule has 4 nitrogen and oxygen atoms in total. The van der Waals surface area contributed by atoms with Gasteiger partial charge in [0.1, 0.15) is 5.75 Å². The SMILES string of the molecule is CN(CCC(N)=S)C(=O)COc1ccc(Cl)cc1Br. The Morgan fingerprint density at radius 3 is 2.84 bits per heavy atom. The van der Waals surface area contributed by atoms with Gasteiger partial charge in [0.05, 0.1) is 9.46 Å². The summed E-state index contributed by atoms with van der Waals surface area (Å²) in [4.78, 5) is 13.7. The van der Waals surface area contributed by atoms with Crippen LogP contribution in [0.4, 0.5) is 0 Å². The van der Waals surface area contributed by atoms with Crippen LogP contribution in [0.5, 0.6) is 5.75 Å². The lowest BCUT2D eigenvalue weighted by Gasteiger charge is -2.17. The van der Waals surface area contributed by atoms with E-state index in [1.165, 1.54) is 4.90 Å². The fourth-order valence-corrected chi connectivity index (χ4v) is 2.13. The Labute approximate surface area is 131 Å². The number of nitrogens with two attached hydrogens (primary N) is 1. The van der Waals surface area contributed by atoms with E-state index in [9.17, 15) is 4.79 Å². The van der Waals surface area contributed by atoms with Crippen LogP contribution in [0, 0.1) is 0 Å². The molecule has 2 N–H and O–H groups in total. The Hall–Kier alpha value is -0.850. The summed E-state index contributed by atoms with van der Waals surface area (Å²) < 4.78 is 6.13. The molecule has 1 aromatic rings. The second kappa shape index (κ2) is 7.67. The van der Waals surface area contributed by atoms with E-state index in [2.05, 4.69) is 15.9 Å². The minimum atomic E-state index is -0.141. The van der Waals surface area contributed by atoms with E-state index in [1.807, 2.05) is 0 Å². The lowest BCUT2D eigenvalue weighted by Crippen LogP contribution is -2.33. The highest BCUT2D eigenvalue weighted by Crippen LogP contribution is 2.27. The van der Waals surface area contributed by atoms with Crippen molar-refractivity contribution in [3.05, 3.63) is 27.7 Å². The Morgan fingerprint density at radius 1 is 1.58 bits per heavy atom. The number of likely N-dealkylation sites (N-methyl/N-ethyl adjacent to an activating group) is 1. The van der Waals surface area contributed by atoms with Crippen molar-refractivity contribution in [2.45, 2.75) is 6.42 Å². The number of thiocarbonyl (C=S) groups is 1. The summed E-state index contributed by atoms with van der Waals surface area (Å²) in [6.45, 7) is 0.438. The molecule has 7 heteroatoms. The van der Waals surface area contributed by atoms with Crippen LogP contribution >= 0.6 is 39.7 Å². The number of benzene rings is 1. The summed E-state index contributed by atoms with van der Waals surface area (Å²) in [7, 11) is 1.68. The minimum absolute atomic E-state index is 0.0476. The molecule has 1 amide bonds. The first kappa shape index (κ1) is 16.2. The van der Waals surface area contributed by atoms with Crippen LogP contribution in [0.3, 0.4) is 0 Å². The van der Waals surface area contributed by atoms with E-state index in [4.69, 9.17) is 34.3 Å². The lowest BCUT2D eigenvalue weighted by molar-refractivity contribution is -0.131. The van der Waals surface area contributed by atoms with E-state index >= 15 is 0 Å². The average Bonchev–Trinajstić information content (AvgIpc) is 2.34. The van der Waals surface area contributed by atoms with Crippen LogP contribution in [0.2, 0.25) is 5.02 Å². The van der Waals surface area contributed by atoms with Gasteiger partial charge in [0, 0.05) is 25.0 Å². The normalized spacial score (nSPS) is 10.1. The van der Waals surface area contributed by atoms with Gasteiger partial charge in [0.25, 0.3) is 5.91 Å². The molecular weight excluding hydrogens is 352 g/mol. The molecule has 19 heavy (non-hydrogen) atoms. The Balaban J connectivity index is 2.47.